The van der Waals surface area contributed by atoms with Gasteiger partial charge in [0.1, 0.15) is 0 Å². The molecule has 0 atom stereocenters. The van der Waals surface area contributed by atoms with Crippen molar-refractivity contribution in [1.29, 1.82) is 0 Å². The van der Waals surface area contributed by atoms with Crippen molar-refractivity contribution in [1.82, 2.24) is 9.80 Å². The van der Waals surface area contributed by atoms with Gasteiger partial charge in [0.2, 0.25) is 0 Å². The van der Waals surface area contributed by atoms with E-state index >= 15 is 0 Å². The average molecular weight is 257 g/mol. The van der Waals surface area contributed by atoms with Crippen LogP contribution in [0.1, 0.15) is 15.9 Å². The molecule has 0 unspecified atom stereocenters. The first-order valence-electron chi connectivity index (χ1n) is 6.48. The van der Waals surface area contributed by atoms with Gasteiger partial charge in [-0.05, 0) is 17.7 Å². The minimum atomic E-state index is 0.0870. The normalized spacial score (nSPS) is 16.1. The van der Waals surface area contributed by atoms with Crippen LogP contribution in [0.15, 0.2) is 24.3 Å². The SMILES string of the molecule is C#CCN1CCN(C(=O)c2ccc(CN)cc2)CC1. The molecular formula is C15H19N3O. The number of amides is 1. The van der Waals surface area contributed by atoms with Crippen LogP contribution in [0.25, 0.3) is 0 Å². The summed E-state index contributed by atoms with van der Waals surface area (Å²) in [6.07, 6.45) is 5.29. The van der Waals surface area contributed by atoms with Crippen molar-refractivity contribution >= 4 is 5.91 Å². The zero-order valence-corrected chi connectivity index (χ0v) is 11.0. The summed E-state index contributed by atoms with van der Waals surface area (Å²) in [6, 6.07) is 7.50. The van der Waals surface area contributed by atoms with Gasteiger partial charge in [-0.25, -0.2) is 0 Å². The van der Waals surface area contributed by atoms with Crippen LogP contribution in [0.4, 0.5) is 0 Å². The number of hydrogen-bond donors (Lipinski definition) is 1. The van der Waals surface area contributed by atoms with E-state index in [9.17, 15) is 4.79 Å². The van der Waals surface area contributed by atoms with Crippen LogP contribution in [-0.4, -0.2) is 48.4 Å². The molecule has 1 aromatic rings. The summed E-state index contributed by atoms with van der Waals surface area (Å²) < 4.78 is 0. The average Bonchev–Trinajstić information content (AvgIpc) is 2.48. The van der Waals surface area contributed by atoms with Gasteiger partial charge in [-0.1, -0.05) is 18.1 Å². The third-order valence-electron chi connectivity index (χ3n) is 3.41. The second-order valence-corrected chi connectivity index (χ2v) is 4.67. The van der Waals surface area contributed by atoms with E-state index < -0.39 is 0 Å². The minimum absolute atomic E-state index is 0.0870. The first-order valence-corrected chi connectivity index (χ1v) is 6.48. The molecule has 1 amide bonds. The Morgan fingerprint density at radius 3 is 2.37 bits per heavy atom. The van der Waals surface area contributed by atoms with Gasteiger partial charge >= 0.3 is 0 Å². The van der Waals surface area contributed by atoms with Crippen molar-refractivity contribution in [3.05, 3.63) is 35.4 Å². The number of carbonyl (C=O) groups excluding carboxylic acids is 1. The van der Waals surface area contributed by atoms with Gasteiger partial charge < -0.3 is 10.6 Å². The van der Waals surface area contributed by atoms with Gasteiger partial charge in [0.25, 0.3) is 5.91 Å². The molecule has 1 aliphatic rings. The maximum Gasteiger partial charge on any atom is 0.253 e. The summed E-state index contributed by atoms with van der Waals surface area (Å²) in [5.74, 6) is 2.72. The number of carbonyl (C=O) groups is 1. The predicted molar refractivity (Wildman–Crippen MR) is 75.5 cm³/mol. The zero-order valence-electron chi connectivity index (χ0n) is 11.0. The minimum Gasteiger partial charge on any atom is -0.336 e. The molecular weight excluding hydrogens is 238 g/mol. The Morgan fingerprint density at radius 2 is 1.84 bits per heavy atom. The fraction of sp³-hybridized carbons (Fsp3) is 0.400. The first-order chi connectivity index (χ1) is 9.24. The number of piperazine rings is 1. The molecule has 4 heteroatoms. The van der Waals surface area contributed by atoms with Crippen molar-refractivity contribution in [2.45, 2.75) is 6.54 Å². The highest BCUT2D eigenvalue weighted by atomic mass is 16.2. The first kappa shape index (κ1) is 13.6. The summed E-state index contributed by atoms with van der Waals surface area (Å²) in [6.45, 7) is 4.32. The molecule has 1 aromatic carbocycles. The third-order valence-corrected chi connectivity index (χ3v) is 3.41. The fourth-order valence-corrected chi connectivity index (χ4v) is 2.20. The molecule has 2 rings (SSSR count). The van der Waals surface area contributed by atoms with Gasteiger partial charge in [-0.15, -0.1) is 6.42 Å². The molecule has 1 heterocycles. The lowest BCUT2D eigenvalue weighted by atomic mass is 10.1. The van der Waals surface area contributed by atoms with Gasteiger partial charge in [0, 0.05) is 38.3 Å². The number of benzene rings is 1. The van der Waals surface area contributed by atoms with Crippen molar-refractivity contribution in [2.75, 3.05) is 32.7 Å². The number of terminal acetylenes is 1. The van der Waals surface area contributed by atoms with E-state index in [1.807, 2.05) is 29.2 Å². The van der Waals surface area contributed by atoms with Crippen molar-refractivity contribution in [3.8, 4) is 12.3 Å². The maximum absolute atomic E-state index is 12.3. The van der Waals surface area contributed by atoms with Gasteiger partial charge in [0.15, 0.2) is 0 Å². The second-order valence-electron chi connectivity index (χ2n) is 4.67. The van der Waals surface area contributed by atoms with Crippen molar-refractivity contribution < 1.29 is 4.79 Å². The molecule has 19 heavy (non-hydrogen) atoms. The molecule has 0 saturated carbocycles. The van der Waals surface area contributed by atoms with Gasteiger partial charge in [0.05, 0.1) is 6.54 Å². The predicted octanol–water partition coefficient (Wildman–Crippen LogP) is 0.536. The smallest absolute Gasteiger partial charge is 0.253 e. The summed E-state index contributed by atoms with van der Waals surface area (Å²) >= 11 is 0. The van der Waals surface area contributed by atoms with E-state index in [2.05, 4.69) is 10.8 Å². The van der Waals surface area contributed by atoms with Gasteiger partial charge in [-0.2, -0.15) is 0 Å². The van der Waals surface area contributed by atoms with Crippen LogP contribution in [-0.2, 0) is 6.54 Å². The Hall–Kier alpha value is -1.83. The molecule has 0 radical (unpaired) electrons. The lowest BCUT2D eigenvalue weighted by Gasteiger charge is -2.33. The molecule has 1 saturated heterocycles. The molecule has 100 valence electrons. The van der Waals surface area contributed by atoms with Crippen LogP contribution in [0.3, 0.4) is 0 Å². The molecule has 2 N–H and O–H groups in total. The molecule has 0 spiro atoms. The van der Waals surface area contributed by atoms with Crippen LogP contribution >= 0.6 is 0 Å². The van der Waals surface area contributed by atoms with E-state index in [1.54, 1.807) is 0 Å². The maximum atomic E-state index is 12.3. The number of nitrogens with two attached hydrogens (primary N) is 1. The molecule has 0 aliphatic carbocycles. The Balaban J connectivity index is 1.95. The van der Waals surface area contributed by atoms with E-state index in [-0.39, 0.29) is 5.91 Å². The summed E-state index contributed by atoms with van der Waals surface area (Å²) in [5.41, 5.74) is 7.31. The third kappa shape index (κ3) is 3.34. The summed E-state index contributed by atoms with van der Waals surface area (Å²) in [4.78, 5) is 16.4. The van der Waals surface area contributed by atoms with Crippen LogP contribution in [0.2, 0.25) is 0 Å². The molecule has 1 aliphatic heterocycles. The van der Waals surface area contributed by atoms with E-state index in [1.165, 1.54) is 0 Å². The number of rotatable bonds is 3. The van der Waals surface area contributed by atoms with E-state index in [0.29, 0.717) is 13.1 Å². The monoisotopic (exact) mass is 257 g/mol. The Bertz CT molecular complexity index is 467. The number of hydrogen-bond acceptors (Lipinski definition) is 3. The Labute approximate surface area is 114 Å². The van der Waals surface area contributed by atoms with E-state index in [4.69, 9.17) is 12.2 Å². The lowest BCUT2D eigenvalue weighted by molar-refractivity contribution is 0.0652. The second kappa shape index (κ2) is 6.37. The van der Waals surface area contributed by atoms with E-state index in [0.717, 1.165) is 37.3 Å². The lowest BCUT2D eigenvalue weighted by Crippen LogP contribution is -2.48. The largest absolute Gasteiger partial charge is 0.336 e. The quantitative estimate of drug-likeness (QED) is 0.804. The zero-order chi connectivity index (χ0) is 13.7. The van der Waals surface area contributed by atoms with Crippen molar-refractivity contribution in [3.63, 3.8) is 0 Å². The summed E-state index contributed by atoms with van der Waals surface area (Å²) in [7, 11) is 0. The topological polar surface area (TPSA) is 49.6 Å². The van der Waals surface area contributed by atoms with Crippen LogP contribution in [0.5, 0.6) is 0 Å². The highest BCUT2D eigenvalue weighted by molar-refractivity contribution is 5.94. The molecule has 0 aromatic heterocycles. The molecule has 1 fully saturated rings. The van der Waals surface area contributed by atoms with Gasteiger partial charge in [-0.3, -0.25) is 9.69 Å². The summed E-state index contributed by atoms with van der Waals surface area (Å²) in [5, 5.41) is 0. The van der Waals surface area contributed by atoms with Crippen molar-refractivity contribution in [2.24, 2.45) is 5.73 Å². The Kier molecular flexibility index (Phi) is 4.56. The highest BCUT2D eigenvalue weighted by Crippen LogP contribution is 2.10. The van der Waals surface area contributed by atoms with Crippen LogP contribution < -0.4 is 5.73 Å². The molecule has 0 bridgehead atoms. The fourth-order valence-electron chi connectivity index (χ4n) is 2.20. The highest BCUT2D eigenvalue weighted by Gasteiger charge is 2.21. The molecule has 4 nitrogen and oxygen atoms in total. The number of nitrogens with zero attached hydrogens (tertiary/aromatic N) is 2. The Morgan fingerprint density at radius 1 is 1.21 bits per heavy atom. The van der Waals surface area contributed by atoms with Crippen LogP contribution in [0, 0.1) is 12.3 Å². The standard InChI is InChI=1S/C15H19N3O/c1-2-7-17-8-10-18(11-9-17)15(19)14-5-3-13(12-16)4-6-14/h1,3-6H,7-12,16H2.